The van der Waals surface area contributed by atoms with Crippen molar-refractivity contribution < 1.29 is 14.3 Å². The van der Waals surface area contributed by atoms with Crippen molar-refractivity contribution >= 4 is 11.8 Å². The summed E-state index contributed by atoms with van der Waals surface area (Å²) in [5.74, 6) is -0.734. The first-order valence-electron chi connectivity index (χ1n) is 4.12. The number of primary amides is 1. The maximum atomic E-state index is 11.4. The summed E-state index contributed by atoms with van der Waals surface area (Å²) in [7, 11) is 1.45. The fourth-order valence-electron chi connectivity index (χ4n) is 0.892. The van der Waals surface area contributed by atoms with Gasteiger partial charge in [0.1, 0.15) is 6.10 Å². The second kappa shape index (κ2) is 5.53. The Morgan fingerprint density at radius 1 is 1.54 bits per heavy atom. The Hall–Kier alpha value is -1.10. The van der Waals surface area contributed by atoms with Gasteiger partial charge in [0.15, 0.2) is 0 Å². The molecule has 0 fully saturated rings. The minimum Gasteiger partial charge on any atom is -0.372 e. The number of likely N-dealkylation sites (N-methyl/N-ethyl adjacent to an activating group) is 1. The number of carbonyl (C=O) groups excluding carboxylic acids is 2. The molecule has 0 aliphatic heterocycles. The molecule has 13 heavy (non-hydrogen) atoms. The van der Waals surface area contributed by atoms with Crippen molar-refractivity contribution in [3.05, 3.63) is 0 Å². The van der Waals surface area contributed by atoms with Gasteiger partial charge in [-0.2, -0.15) is 0 Å². The Labute approximate surface area is 77.8 Å². The number of hydrogen-bond acceptors (Lipinski definition) is 3. The number of carbonyl (C=O) groups is 2. The summed E-state index contributed by atoms with van der Waals surface area (Å²) in [6.45, 7) is 3.81. The lowest BCUT2D eigenvalue weighted by molar-refractivity contribution is -0.143. The first-order valence-corrected chi connectivity index (χ1v) is 4.12. The molecular formula is C8H16N2O3. The molecular weight excluding hydrogens is 172 g/mol. The Morgan fingerprint density at radius 3 is 2.38 bits per heavy atom. The van der Waals surface area contributed by atoms with Gasteiger partial charge in [-0.25, -0.2) is 0 Å². The summed E-state index contributed by atoms with van der Waals surface area (Å²) in [5.41, 5.74) is 4.97. The van der Waals surface area contributed by atoms with Crippen LogP contribution in [0.2, 0.25) is 0 Å². The lowest BCUT2D eigenvalue weighted by atomic mass is 10.3. The monoisotopic (exact) mass is 188 g/mol. The van der Waals surface area contributed by atoms with Crippen LogP contribution in [0.25, 0.3) is 0 Å². The van der Waals surface area contributed by atoms with Crippen molar-refractivity contribution in [3.8, 4) is 0 Å². The van der Waals surface area contributed by atoms with E-state index in [-0.39, 0.29) is 12.5 Å². The lowest BCUT2D eigenvalue weighted by Gasteiger charge is -2.21. The molecule has 0 saturated heterocycles. The summed E-state index contributed by atoms with van der Waals surface area (Å²) < 4.78 is 4.83. The van der Waals surface area contributed by atoms with Crippen LogP contribution in [0.4, 0.5) is 0 Å². The minimum absolute atomic E-state index is 0.0525. The zero-order valence-corrected chi connectivity index (χ0v) is 8.24. The quantitative estimate of drug-likeness (QED) is 0.623. The van der Waals surface area contributed by atoms with Gasteiger partial charge in [0, 0.05) is 13.7 Å². The second-order valence-electron chi connectivity index (χ2n) is 2.70. The Bertz CT molecular complexity index is 194. The molecule has 5 heteroatoms. The summed E-state index contributed by atoms with van der Waals surface area (Å²) in [6.07, 6.45) is -0.528. The Kier molecular flexibility index (Phi) is 5.06. The van der Waals surface area contributed by atoms with E-state index in [1.54, 1.807) is 13.8 Å². The predicted molar refractivity (Wildman–Crippen MR) is 47.9 cm³/mol. The molecule has 2 N–H and O–H groups in total. The van der Waals surface area contributed by atoms with Gasteiger partial charge in [-0.15, -0.1) is 0 Å². The normalized spacial score (nSPS) is 12.2. The maximum absolute atomic E-state index is 11.4. The predicted octanol–water partition coefficient (Wildman–Crippen LogP) is -0.645. The molecule has 1 unspecified atom stereocenters. The summed E-state index contributed by atoms with van der Waals surface area (Å²) in [6, 6.07) is 0. The van der Waals surface area contributed by atoms with Crippen LogP contribution >= 0.6 is 0 Å². The van der Waals surface area contributed by atoms with Crippen LogP contribution in [0.1, 0.15) is 13.8 Å². The van der Waals surface area contributed by atoms with Crippen molar-refractivity contribution in [3.63, 3.8) is 0 Å². The molecule has 0 aromatic rings. The van der Waals surface area contributed by atoms with Gasteiger partial charge in [-0.3, -0.25) is 9.59 Å². The maximum Gasteiger partial charge on any atom is 0.251 e. The summed E-state index contributed by atoms with van der Waals surface area (Å²) in [4.78, 5) is 23.4. The van der Waals surface area contributed by atoms with Gasteiger partial charge in [0.2, 0.25) is 5.91 Å². The zero-order valence-electron chi connectivity index (χ0n) is 8.24. The van der Waals surface area contributed by atoms with E-state index in [1.165, 1.54) is 12.0 Å². The lowest BCUT2D eigenvalue weighted by Crippen LogP contribution is -2.43. The highest BCUT2D eigenvalue weighted by Crippen LogP contribution is 1.97. The highest BCUT2D eigenvalue weighted by molar-refractivity contribution is 5.86. The van der Waals surface area contributed by atoms with E-state index in [2.05, 4.69) is 0 Å². The molecule has 1 atom stereocenters. The largest absolute Gasteiger partial charge is 0.372 e. The van der Waals surface area contributed by atoms with Crippen LogP contribution in [-0.2, 0) is 14.3 Å². The van der Waals surface area contributed by atoms with Gasteiger partial charge in [-0.1, -0.05) is 0 Å². The van der Waals surface area contributed by atoms with Crippen molar-refractivity contribution in [2.45, 2.75) is 20.0 Å². The number of amides is 2. The molecule has 76 valence electrons. The Morgan fingerprint density at radius 2 is 2.08 bits per heavy atom. The van der Waals surface area contributed by atoms with E-state index in [1.807, 2.05) is 0 Å². The second-order valence-corrected chi connectivity index (χ2v) is 2.70. The molecule has 2 amide bonds. The number of rotatable bonds is 5. The van der Waals surface area contributed by atoms with Gasteiger partial charge < -0.3 is 15.4 Å². The number of nitrogens with two attached hydrogens (primary N) is 1. The number of hydrogen-bond donors (Lipinski definition) is 1. The number of ether oxygens (including phenoxy) is 1. The molecule has 0 spiro atoms. The standard InChI is InChI=1S/C8H16N2O3/c1-4-10(5-7(9)11)8(12)6(2)13-3/h6H,4-5H2,1-3H3,(H2,9,11). The zero-order chi connectivity index (χ0) is 10.4. The van der Waals surface area contributed by atoms with E-state index in [0.29, 0.717) is 6.54 Å². The van der Waals surface area contributed by atoms with Crippen LogP contribution in [-0.4, -0.2) is 43.0 Å². The van der Waals surface area contributed by atoms with Crippen molar-refractivity contribution in [1.82, 2.24) is 4.90 Å². The van der Waals surface area contributed by atoms with E-state index < -0.39 is 12.0 Å². The van der Waals surface area contributed by atoms with E-state index in [0.717, 1.165) is 0 Å². The molecule has 0 aromatic heterocycles. The summed E-state index contributed by atoms with van der Waals surface area (Å²) >= 11 is 0. The molecule has 0 aromatic carbocycles. The molecule has 0 heterocycles. The fourth-order valence-corrected chi connectivity index (χ4v) is 0.892. The van der Waals surface area contributed by atoms with E-state index >= 15 is 0 Å². The first kappa shape index (κ1) is 11.9. The van der Waals surface area contributed by atoms with Crippen molar-refractivity contribution in [2.75, 3.05) is 20.2 Å². The van der Waals surface area contributed by atoms with Gasteiger partial charge in [0.25, 0.3) is 5.91 Å². The molecule has 0 aliphatic carbocycles. The molecule has 0 aliphatic rings. The van der Waals surface area contributed by atoms with Crippen LogP contribution in [0.15, 0.2) is 0 Å². The summed E-state index contributed by atoms with van der Waals surface area (Å²) in [5, 5.41) is 0. The first-order chi connectivity index (χ1) is 6.02. The highest BCUT2D eigenvalue weighted by atomic mass is 16.5. The topological polar surface area (TPSA) is 72.6 Å². The highest BCUT2D eigenvalue weighted by Gasteiger charge is 2.19. The van der Waals surface area contributed by atoms with Crippen LogP contribution in [0.3, 0.4) is 0 Å². The van der Waals surface area contributed by atoms with Gasteiger partial charge in [-0.05, 0) is 13.8 Å². The van der Waals surface area contributed by atoms with Gasteiger partial charge >= 0.3 is 0 Å². The van der Waals surface area contributed by atoms with Crippen molar-refractivity contribution in [1.29, 1.82) is 0 Å². The van der Waals surface area contributed by atoms with Crippen molar-refractivity contribution in [2.24, 2.45) is 5.73 Å². The molecule has 5 nitrogen and oxygen atoms in total. The molecule has 0 rings (SSSR count). The SMILES string of the molecule is CCN(CC(N)=O)C(=O)C(C)OC. The molecule has 0 radical (unpaired) electrons. The third-order valence-electron chi connectivity index (χ3n) is 1.74. The minimum atomic E-state index is -0.528. The Balaban J connectivity index is 4.22. The van der Waals surface area contributed by atoms with E-state index in [9.17, 15) is 9.59 Å². The third-order valence-corrected chi connectivity index (χ3v) is 1.74. The molecule has 0 bridgehead atoms. The number of methoxy groups -OCH3 is 1. The smallest absolute Gasteiger partial charge is 0.251 e. The van der Waals surface area contributed by atoms with Crippen LogP contribution in [0.5, 0.6) is 0 Å². The van der Waals surface area contributed by atoms with Crippen LogP contribution < -0.4 is 5.73 Å². The van der Waals surface area contributed by atoms with Gasteiger partial charge in [0.05, 0.1) is 6.54 Å². The third kappa shape index (κ3) is 3.89. The van der Waals surface area contributed by atoms with E-state index in [4.69, 9.17) is 10.5 Å². The average molecular weight is 188 g/mol. The fraction of sp³-hybridized carbons (Fsp3) is 0.750. The molecule has 0 saturated carbocycles. The number of nitrogens with zero attached hydrogens (tertiary/aromatic N) is 1. The average Bonchev–Trinajstić information content (AvgIpc) is 2.11. The van der Waals surface area contributed by atoms with Crippen LogP contribution in [0, 0.1) is 0 Å².